The smallest absolute Gasteiger partial charge is 0.124 e. The molecule has 1 saturated carbocycles. The maximum atomic E-state index is 13.1. The van der Waals surface area contributed by atoms with E-state index in [9.17, 15) is 9.50 Å². The van der Waals surface area contributed by atoms with E-state index in [2.05, 4.69) is 36.7 Å². The Morgan fingerprint density at radius 3 is 2.38 bits per heavy atom. The molecule has 2 rings (SSSR count). The molecule has 1 aromatic carbocycles. The largest absolute Gasteiger partial charge is 0.392 e. The minimum Gasteiger partial charge on any atom is -0.392 e. The van der Waals surface area contributed by atoms with Crippen LogP contribution in [0.25, 0.3) is 0 Å². The second-order valence-corrected chi connectivity index (χ2v) is 8.34. The minimum absolute atomic E-state index is 0.245. The summed E-state index contributed by atoms with van der Waals surface area (Å²) in [4.78, 5) is 0. The summed E-state index contributed by atoms with van der Waals surface area (Å²) in [6.45, 7) is 6.93. The van der Waals surface area contributed by atoms with Crippen LogP contribution in [0, 0.1) is 23.1 Å². The lowest BCUT2D eigenvalue weighted by molar-refractivity contribution is 0.0536. The SMILES string of the molecule is CC(C)(C)C1CCC(C(O)Cc2ccc(F)cc2Br)CC1. The van der Waals surface area contributed by atoms with Gasteiger partial charge >= 0.3 is 0 Å². The monoisotopic (exact) mass is 356 g/mol. The number of hydrogen-bond donors (Lipinski definition) is 1. The Kier molecular flexibility index (Phi) is 5.48. The summed E-state index contributed by atoms with van der Waals surface area (Å²) in [5, 5.41) is 10.5. The van der Waals surface area contributed by atoms with Gasteiger partial charge in [0.05, 0.1) is 6.10 Å². The predicted molar refractivity (Wildman–Crippen MR) is 88.7 cm³/mol. The maximum Gasteiger partial charge on any atom is 0.124 e. The van der Waals surface area contributed by atoms with Crippen LogP contribution in [-0.4, -0.2) is 11.2 Å². The van der Waals surface area contributed by atoms with E-state index < -0.39 is 0 Å². The van der Waals surface area contributed by atoms with Gasteiger partial charge in [0.25, 0.3) is 0 Å². The maximum absolute atomic E-state index is 13.1. The van der Waals surface area contributed by atoms with Crippen molar-refractivity contribution in [2.45, 2.75) is 59.0 Å². The first-order chi connectivity index (χ1) is 9.77. The molecule has 1 fully saturated rings. The van der Waals surface area contributed by atoms with Gasteiger partial charge in [-0.1, -0.05) is 42.8 Å². The van der Waals surface area contributed by atoms with E-state index >= 15 is 0 Å². The molecule has 1 nitrogen and oxygen atoms in total. The van der Waals surface area contributed by atoms with Crippen LogP contribution in [0.2, 0.25) is 0 Å². The van der Waals surface area contributed by atoms with E-state index in [0.717, 1.165) is 28.8 Å². The molecule has 0 amide bonds. The molecule has 1 aliphatic rings. The van der Waals surface area contributed by atoms with Gasteiger partial charge in [0, 0.05) is 4.47 Å². The second-order valence-electron chi connectivity index (χ2n) is 7.48. The molecule has 1 atom stereocenters. The molecule has 0 bridgehead atoms. The minimum atomic E-state index is -0.326. The van der Waals surface area contributed by atoms with Crippen LogP contribution in [0.1, 0.15) is 52.0 Å². The lowest BCUT2D eigenvalue weighted by Gasteiger charge is -2.38. The van der Waals surface area contributed by atoms with Crippen molar-refractivity contribution in [2.75, 3.05) is 0 Å². The fraction of sp³-hybridized carbons (Fsp3) is 0.667. The standard InChI is InChI=1S/C18H26BrFO/c1-18(2,3)14-7-4-12(5-8-14)17(21)10-13-6-9-15(20)11-16(13)19/h6,9,11-12,14,17,21H,4-5,7-8,10H2,1-3H3. The number of benzene rings is 1. The molecule has 21 heavy (non-hydrogen) atoms. The van der Waals surface area contributed by atoms with Crippen LogP contribution in [-0.2, 0) is 6.42 Å². The van der Waals surface area contributed by atoms with Crippen molar-refractivity contribution in [1.29, 1.82) is 0 Å². The zero-order valence-electron chi connectivity index (χ0n) is 13.2. The molecule has 1 N–H and O–H groups in total. The van der Waals surface area contributed by atoms with Gasteiger partial charge in [-0.3, -0.25) is 0 Å². The van der Waals surface area contributed by atoms with Gasteiger partial charge in [0.1, 0.15) is 5.82 Å². The highest BCUT2D eigenvalue weighted by Gasteiger charge is 2.32. The van der Waals surface area contributed by atoms with Crippen LogP contribution in [0.15, 0.2) is 22.7 Å². The summed E-state index contributed by atoms with van der Waals surface area (Å²) >= 11 is 3.38. The molecule has 1 unspecified atom stereocenters. The molecule has 1 aromatic rings. The predicted octanol–water partition coefficient (Wildman–Crippen LogP) is 5.34. The topological polar surface area (TPSA) is 20.2 Å². The first-order valence-corrected chi connectivity index (χ1v) is 8.68. The summed E-state index contributed by atoms with van der Waals surface area (Å²) < 4.78 is 13.9. The van der Waals surface area contributed by atoms with E-state index in [0.29, 0.717) is 17.8 Å². The summed E-state index contributed by atoms with van der Waals surface area (Å²) in [5.74, 6) is 0.893. The highest BCUT2D eigenvalue weighted by atomic mass is 79.9. The number of rotatable bonds is 3. The quantitative estimate of drug-likeness (QED) is 0.774. The zero-order chi connectivity index (χ0) is 15.6. The van der Waals surface area contributed by atoms with Gasteiger partial charge in [-0.15, -0.1) is 0 Å². The van der Waals surface area contributed by atoms with Gasteiger partial charge in [0.2, 0.25) is 0 Å². The Morgan fingerprint density at radius 2 is 1.86 bits per heavy atom. The summed E-state index contributed by atoms with van der Waals surface area (Å²) in [7, 11) is 0. The van der Waals surface area contributed by atoms with Crippen molar-refractivity contribution >= 4 is 15.9 Å². The Balaban J connectivity index is 1.92. The third kappa shape index (κ3) is 4.53. The summed E-state index contributed by atoms with van der Waals surface area (Å²) in [6, 6.07) is 4.70. The van der Waals surface area contributed by atoms with Crippen molar-refractivity contribution in [2.24, 2.45) is 17.3 Å². The average Bonchev–Trinajstić information content (AvgIpc) is 2.41. The molecule has 0 radical (unpaired) electrons. The van der Waals surface area contributed by atoms with Crippen molar-refractivity contribution < 1.29 is 9.50 Å². The van der Waals surface area contributed by atoms with Gasteiger partial charge in [-0.25, -0.2) is 4.39 Å². The van der Waals surface area contributed by atoms with Gasteiger partial charge in [0.15, 0.2) is 0 Å². The van der Waals surface area contributed by atoms with E-state index in [-0.39, 0.29) is 11.9 Å². The molecule has 0 aromatic heterocycles. The Hall–Kier alpha value is -0.410. The third-order valence-corrected chi connectivity index (χ3v) is 5.72. The molecule has 0 aliphatic heterocycles. The molecule has 0 spiro atoms. The Bertz CT molecular complexity index is 473. The fourth-order valence-electron chi connectivity index (χ4n) is 3.45. The molecular formula is C18H26BrFO. The van der Waals surface area contributed by atoms with E-state index in [1.165, 1.54) is 25.0 Å². The zero-order valence-corrected chi connectivity index (χ0v) is 14.8. The van der Waals surface area contributed by atoms with E-state index in [1.807, 2.05) is 0 Å². The molecule has 1 aliphatic carbocycles. The van der Waals surface area contributed by atoms with Crippen LogP contribution >= 0.6 is 15.9 Å². The van der Waals surface area contributed by atoms with Crippen molar-refractivity contribution in [3.63, 3.8) is 0 Å². The molecule has 118 valence electrons. The summed E-state index contributed by atoms with van der Waals surface area (Å²) in [5.41, 5.74) is 1.36. The number of aliphatic hydroxyl groups is 1. The van der Waals surface area contributed by atoms with Crippen LogP contribution in [0.4, 0.5) is 4.39 Å². The highest BCUT2D eigenvalue weighted by molar-refractivity contribution is 9.10. The molecular weight excluding hydrogens is 331 g/mol. The van der Waals surface area contributed by atoms with Gasteiger partial charge in [-0.05, 0) is 67.1 Å². The van der Waals surface area contributed by atoms with E-state index in [4.69, 9.17) is 0 Å². The number of aliphatic hydroxyl groups excluding tert-OH is 1. The van der Waals surface area contributed by atoms with Crippen LogP contribution < -0.4 is 0 Å². The van der Waals surface area contributed by atoms with Crippen molar-refractivity contribution in [1.82, 2.24) is 0 Å². The van der Waals surface area contributed by atoms with Crippen molar-refractivity contribution in [3.05, 3.63) is 34.1 Å². The number of halogens is 2. The first kappa shape index (κ1) is 17.0. The third-order valence-electron chi connectivity index (χ3n) is 4.98. The summed E-state index contributed by atoms with van der Waals surface area (Å²) in [6.07, 6.45) is 4.88. The second kappa shape index (κ2) is 6.78. The average molecular weight is 357 g/mol. The Morgan fingerprint density at radius 1 is 1.24 bits per heavy atom. The molecule has 3 heteroatoms. The van der Waals surface area contributed by atoms with Gasteiger partial charge < -0.3 is 5.11 Å². The normalized spacial score (nSPS) is 24.9. The Labute approximate surface area is 136 Å². The van der Waals surface area contributed by atoms with E-state index in [1.54, 1.807) is 6.07 Å². The van der Waals surface area contributed by atoms with Crippen molar-refractivity contribution in [3.8, 4) is 0 Å². The fourth-order valence-corrected chi connectivity index (χ4v) is 3.96. The lowest BCUT2D eigenvalue weighted by Crippen LogP contribution is -2.31. The highest BCUT2D eigenvalue weighted by Crippen LogP contribution is 2.41. The van der Waals surface area contributed by atoms with Crippen LogP contribution in [0.3, 0.4) is 0 Å². The number of hydrogen-bond acceptors (Lipinski definition) is 1. The van der Waals surface area contributed by atoms with Crippen LogP contribution in [0.5, 0.6) is 0 Å². The molecule has 0 saturated heterocycles. The van der Waals surface area contributed by atoms with Gasteiger partial charge in [-0.2, -0.15) is 0 Å². The lowest BCUT2D eigenvalue weighted by atomic mass is 9.68. The molecule has 0 heterocycles. The first-order valence-electron chi connectivity index (χ1n) is 7.89.